The number of esters is 3. The number of unbranched alkanes of at least 4 members (excludes halogenated alkanes) is 33. The lowest BCUT2D eigenvalue weighted by molar-refractivity contribution is -0.167. The Kier molecular flexibility index (Phi) is 65.2. The Balaban J connectivity index is 4.36. The van der Waals surface area contributed by atoms with E-state index in [1.807, 2.05) is 0 Å². The van der Waals surface area contributed by atoms with Crippen molar-refractivity contribution >= 4 is 17.9 Å². The summed E-state index contributed by atoms with van der Waals surface area (Å²) in [6, 6.07) is 0. The van der Waals surface area contributed by atoms with Gasteiger partial charge in [-0.3, -0.25) is 14.4 Å². The third-order valence-corrected chi connectivity index (χ3v) is 14.7. The van der Waals surface area contributed by atoms with Gasteiger partial charge >= 0.3 is 17.9 Å². The van der Waals surface area contributed by atoms with E-state index in [4.69, 9.17) is 14.2 Å². The van der Waals surface area contributed by atoms with Gasteiger partial charge in [-0.2, -0.15) is 0 Å². The molecule has 0 N–H and O–H groups in total. The Bertz CT molecular complexity index is 1620. The van der Waals surface area contributed by atoms with Crippen LogP contribution in [-0.4, -0.2) is 37.2 Å². The molecule has 0 fully saturated rings. The van der Waals surface area contributed by atoms with E-state index in [0.717, 1.165) is 103 Å². The van der Waals surface area contributed by atoms with Crippen LogP contribution < -0.4 is 0 Å². The molecular weight excluding hydrogens is 997 g/mol. The molecule has 464 valence electrons. The van der Waals surface area contributed by atoms with Gasteiger partial charge in [0.2, 0.25) is 0 Å². The summed E-state index contributed by atoms with van der Waals surface area (Å²) in [4.78, 5) is 38.4. The van der Waals surface area contributed by atoms with Crippen molar-refractivity contribution in [1.29, 1.82) is 0 Å². The van der Waals surface area contributed by atoms with Crippen LogP contribution in [0.1, 0.15) is 329 Å². The monoisotopic (exact) mass is 1120 g/mol. The van der Waals surface area contributed by atoms with Crippen LogP contribution in [0.5, 0.6) is 0 Å². The molecule has 0 saturated heterocycles. The van der Waals surface area contributed by atoms with Crippen LogP contribution in [0, 0.1) is 0 Å². The van der Waals surface area contributed by atoms with E-state index in [9.17, 15) is 14.4 Å². The van der Waals surface area contributed by atoms with Gasteiger partial charge in [-0.1, -0.05) is 291 Å². The molecule has 0 aromatic rings. The lowest BCUT2D eigenvalue weighted by Gasteiger charge is -2.18. The van der Waals surface area contributed by atoms with Gasteiger partial charge in [-0.15, -0.1) is 0 Å². The first-order valence-electron chi connectivity index (χ1n) is 34.4. The van der Waals surface area contributed by atoms with Crippen LogP contribution in [0.2, 0.25) is 0 Å². The van der Waals surface area contributed by atoms with E-state index >= 15 is 0 Å². The second-order valence-corrected chi connectivity index (χ2v) is 22.7. The topological polar surface area (TPSA) is 78.9 Å². The molecule has 0 bridgehead atoms. The van der Waals surface area contributed by atoms with Crippen molar-refractivity contribution in [2.24, 2.45) is 0 Å². The van der Waals surface area contributed by atoms with Gasteiger partial charge in [0.15, 0.2) is 6.10 Å². The second kappa shape index (κ2) is 68.6. The number of rotatable bonds is 62. The highest BCUT2D eigenvalue weighted by molar-refractivity contribution is 5.71. The average Bonchev–Trinajstić information content (AvgIpc) is 3.47. The zero-order chi connectivity index (χ0) is 58.5. The highest BCUT2D eigenvalue weighted by Gasteiger charge is 2.19. The van der Waals surface area contributed by atoms with E-state index < -0.39 is 6.10 Å². The smallest absolute Gasteiger partial charge is 0.306 e. The molecule has 1 atom stereocenters. The first-order chi connectivity index (χ1) is 40.0. The van der Waals surface area contributed by atoms with Gasteiger partial charge < -0.3 is 14.2 Å². The molecule has 0 aromatic heterocycles. The highest BCUT2D eigenvalue weighted by atomic mass is 16.6. The Morgan fingerprint density at radius 1 is 0.259 bits per heavy atom. The predicted octanol–water partition coefficient (Wildman–Crippen LogP) is 23.8. The lowest BCUT2D eigenvalue weighted by Crippen LogP contribution is -2.30. The maximum atomic E-state index is 12.9. The molecule has 0 heterocycles. The molecule has 0 aliphatic heterocycles. The van der Waals surface area contributed by atoms with Gasteiger partial charge in [0.05, 0.1) is 0 Å². The molecule has 0 aliphatic carbocycles. The molecule has 0 saturated carbocycles. The van der Waals surface area contributed by atoms with Crippen LogP contribution in [0.3, 0.4) is 0 Å². The standard InChI is InChI=1S/C75H128O6/c1-4-7-10-13-16-19-22-25-28-30-32-34-35-36-37-38-39-41-42-44-47-50-53-56-59-62-65-68-74(77)80-71-72(70-79-73(76)67-64-61-58-55-52-49-46-27-24-21-18-15-12-9-6-3)81-75(78)69-66-63-60-57-54-51-48-45-43-40-33-31-29-26-23-20-17-14-11-8-5-2/h9,12,18,21-23,25-27,30-33,35-36,46,52,55,72H,4-8,10-11,13-17,19-20,24,28-29,34,37-45,47-51,53-54,56-71H2,1-3H3/b12-9-,21-18-,25-22-,26-23-,32-30-,33-31-,36-35-,46-27-,55-52-. The number of carbonyl (C=O) groups is 3. The number of carbonyl (C=O) groups excluding carboxylic acids is 3. The summed E-state index contributed by atoms with van der Waals surface area (Å²) in [6.45, 7) is 6.49. The molecule has 0 aromatic carbocycles. The Morgan fingerprint density at radius 2 is 0.481 bits per heavy atom. The van der Waals surface area contributed by atoms with E-state index in [1.165, 1.54) is 186 Å². The van der Waals surface area contributed by atoms with Crippen molar-refractivity contribution in [1.82, 2.24) is 0 Å². The molecule has 6 nitrogen and oxygen atoms in total. The van der Waals surface area contributed by atoms with Crippen molar-refractivity contribution in [3.05, 3.63) is 109 Å². The first-order valence-corrected chi connectivity index (χ1v) is 34.4. The minimum atomic E-state index is -0.802. The summed E-state index contributed by atoms with van der Waals surface area (Å²) >= 11 is 0. The second-order valence-electron chi connectivity index (χ2n) is 22.7. The molecule has 0 spiro atoms. The first kappa shape index (κ1) is 77.1. The van der Waals surface area contributed by atoms with E-state index in [-0.39, 0.29) is 31.1 Å². The molecule has 1 unspecified atom stereocenters. The normalized spacial score (nSPS) is 12.8. The summed E-state index contributed by atoms with van der Waals surface area (Å²) in [6.07, 6.45) is 93.9. The van der Waals surface area contributed by atoms with Gasteiger partial charge in [-0.25, -0.2) is 0 Å². The summed E-state index contributed by atoms with van der Waals surface area (Å²) < 4.78 is 16.9. The Morgan fingerprint density at radius 3 is 0.778 bits per heavy atom. The van der Waals surface area contributed by atoms with Crippen LogP contribution >= 0.6 is 0 Å². The molecule has 0 amide bonds. The zero-order valence-corrected chi connectivity index (χ0v) is 53.3. The zero-order valence-electron chi connectivity index (χ0n) is 53.3. The van der Waals surface area contributed by atoms with Crippen LogP contribution in [-0.2, 0) is 28.6 Å². The number of hydrogen-bond acceptors (Lipinski definition) is 6. The highest BCUT2D eigenvalue weighted by Crippen LogP contribution is 2.16. The number of hydrogen-bond donors (Lipinski definition) is 0. The quantitative estimate of drug-likeness (QED) is 0.0261. The molecule has 0 rings (SSSR count). The van der Waals surface area contributed by atoms with Gasteiger partial charge in [0.1, 0.15) is 13.2 Å². The fourth-order valence-electron chi connectivity index (χ4n) is 9.59. The Hall–Kier alpha value is -3.93. The summed E-state index contributed by atoms with van der Waals surface area (Å²) in [5, 5.41) is 0. The molecule has 6 heteroatoms. The van der Waals surface area contributed by atoms with Gasteiger partial charge in [0.25, 0.3) is 0 Å². The van der Waals surface area contributed by atoms with Crippen molar-refractivity contribution in [3.63, 3.8) is 0 Å². The largest absolute Gasteiger partial charge is 0.462 e. The fourth-order valence-corrected chi connectivity index (χ4v) is 9.59. The predicted molar refractivity (Wildman–Crippen MR) is 353 cm³/mol. The van der Waals surface area contributed by atoms with Crippen LogP contribution in [0.25, 0.3) is 0 Å². The number of ether oxygens (including phenoxy) is 3. The van der Waals surface area contributed by atoms with E-state index in [0.29, 0.717) is 19.3 Å². The van der Waals surface area contributed by atoms with Crippen molar-refractivity contribution in [3.8, 4) is 0 Å². The third-order valence-electron chi connectivity index (χ3n) is 14.7. The van der Waals surface area contributed by atoms with Crippen molar-refractivity contribution in [2.75, 3.05) is 13.2 Å². The maximum Gasteiger partial charge on any atom is 0.306 e. The molecule has 0 radical (unpaired) electrons. The fraction of sp³-hybridized carbons (Fsp3) is 0.720. The minimum absolute atomic E-state index is 0.0939. The summed E-state index contributed by atoms with van der Waals surface area (Å²) in [5.74, 6) is -0.933. The van der Waals surface area contributed by atoms with Crippen molar-refractivity contribution < 1.29 is 28.6 Å². The Labute approximate surface area is 501 Å². The molecule has 0 aliphatic rings. The van der Waals surface area contributed by atoms with Gasteiger partial charge in [0, 0.05) is 19.3 Å². The summed E-state index contributed by atoms with van der Waals surface area (Å²) in [7, 11) is 0. The molecular formula is C75H128O6. The lowest BCUT2D eigenvalue weighted by atomic mass is 10.0. The van der Waals surface area contributed by atoms with Crippen molar-refractivity contribution in [2.45, 2.75) is 335 Å². The SMILES string of the molecule is CC/C=C\C/C=C\C/C=C\C/C=C\CCCCC(=O)OCC(COC(=O)CCCCCCCCCCCCCC/C=C\C/C=C\C/C=C\CCCCCCC)OC(=O)CCCCCCCCCCC/C=C\C/C=C\CCCCCCC. The van der Waals surface area contributed by atoms with Crippen LogP contribution in [0.4, 0.5) is 0 Å². The molecule has 81 heavy (non-hydrogen) atoms. The third kappa shape index (κ3) is 66.8. The summed E-state index contributed by atoms with van der Waals surface area (Å²) in [5.41, 5.74) is 0. The maximum absolute atomic E-state index is 12.9. The van der Waals surface area contributed by atoms with Gasteiger partial charge in [-0.05, 0) is 128 Å². The minimum Gasteiger partial charge on any atom is -0.462 e. The van der Waals surface area contributed by atoms with E-state index in [2.05, 4.69) is 130 Å². The number of allylic oxidation sites excluding steroid dienone is 18. The van der Waals surface area contributed by atoms with Crippen LogP contribution in [0.15, 0.2) is 109 Å². The van der Waals surface area contributed by atoms with E-state index in [1.54, 1.807) is 0 Å². The average molecular weight is 1130 g/mol.